The first kappa shape index (κ1) is 16.5. The Labute approximate surface area is 119 Å². The predicted octanol–water partition coefficient (Wildman–Crippen LogP) is 1.41. The number of aryl methyl sites for hydroxylation is 2. The van der Waals surface area contributed by atoms with E-state index in [1.807, 2.05) is 0 Å². The minimum absolute atomic E-state index is 0.0669. The summed E-state index contributed by atoms with van der Waals surface area (Å²) in [6.07, 6.45) is -0.232. The number of nitrogens with zero attached hydrogens (tertiary/aromatic N) is 1. The van der Waals surface area contributed by atoms with Crippen molar-refractivity contribution in [1.29, 1.82) is 0 Å². The van der Waals surface area contributed by atoms with Crippen LogP contribution in [0.4, 0.5) is 0 Å². The van der Waals surface area contributed by atoms with Crippen molar-refractivity contribution in [3.8, 4) is 5.75 Å². The number of hydrogen-bond donors (Lipinski definition) is 1. The number of hydrogen-bond acceptors (Lipinski definition) is 4. The summed E-state index contributed by atoms with van der Waals surface area (Å²) in [4.78, 5) is 10.7. The number of ether oxygens (including phenoxy) is 1. The molecule has 0 heterocycles. The fourth-order valence-corrected chi connectivity index (χ4v) is 3.54. The lowest BCUT2D eigenvalue weighted by Gasteiger charge is -2.20. The van der Waals surface area contributed by atoms with Gasteiger partial charge in [0, 0.05) is 13.6 Å². The first-order valence-corrected chi connectivity index (χ1v) is 7.47. The zero-order chi connectivity index (χ0) is 15.5. The van der Waals surface area contributed by atoms with E-state index in [-0.39, 0.29) is 17.9 Å². The molecule has 0 saturated carbocycles. The average molecular weight is 301 g/mol. The fraction of sp³-hybridized carbons (Fsp3) is 0.462. The normalized spacial score (nSPS) is 11.7. The van der Waals surface area contributed by atoms with E-state index >= 15 is 0 Å². The topological polar surface area (TPSA) is 83.9 Å². The molecule has 20 heavy (non-hydrogen) atoms. The maximum absolute atomic E-state index is 12.5. The highest BCUT2D eigenvalue weighted by Gasteiger charge is 2.25. The lowest BCUT2D eigenvalue weighted by Crippen LogP contribution is -2.30. The van der Waals surface area contributed by atoms with Gasteiger partial charge in [-0.15, -0.1) is 0 Å². The predicted molar refractivity (Wildman–Crippen MR) is 74.5 cm³/mol. The second-order valence-electron chi connectivity index (χ2n) is 4.56. The molecule has 1 aromatic rings. The molecule has 0 aliphatic rings. The van der Waals surface area contributed by atoms with Crippen LogP contribution in [0.5, 0.6) is 5.75 Å². The quantitative estimate of drug-likeness (QED) is 0.858. The molecule has 0 aliphatic carbocycles. The lowest BCUT2D eigenvalue weighted by atomic mass is 10.1. The molecule has 0 spiro atoms. The fourth-order valence-electron chi connectivity index (χ4n) is 1.96. The molecule has 112 valence electrons. The van der Waals surface area contributed by atoms with Crippen LogP contribution in [0.3, 0.4) is 0 Å². The molecule has 0 amide bonds. The Morgan fingerprint density at radius 1 is 1.30 bits per heavy atom. The van der Waals surface area contributed by atoms with E-state index in [2.05, 4.69) is 0 Å². The van der Waals surface area contributed by atoms with Gasteiger partial charge >= 0.3 is 5.97 Å². The third kappa shape index (κ3) is 3.49. The molecule has 0 bridgehead atoms. The van der Waals surface area contributed by atoms with Gasteiger partial charge in [0.1, 0.15) is 5.75 Å². The first-order valence-electron chi connectivity index (χ1n) is 6.03. The van der Waals surface area contributed by atoms with Crippen LogP contribution in [0.2, 0.25) is 0 Å². The summed E-state index contributed by atoms with van der Waals surface area (Å²) in [5.41, 5.74) is 1.15. The van der Waals surface area contributed by atoms with E-state index in [0.717, 1.165) is 4.31 Å². The summed E-state index contributed by atoms with van der Waals surface area (Å²) in [7, 11) is -0.815. The number of aliphatic carboxylic acids is 1. The zero-order valence-corrected chi connectivity index (χ0v) is 12.8. The molecule has 7 heteroatoms. The molecule has 0 fully saturated rings. The van der Waals surface area contributed by atoms with Crippen molar-refractivity contribution in [3.63, 3.8) is 0 Å². The van der Waals surface area contributed by atoms with Crippen molar-refractivity contribution >= 4 is 16.0 Å². The summed E-state index contributed by atoms with van der Waals surface area (Å²) < 4.78 is 31.1. The van der Waals surface area contributed by atoms with Crippen molar-refractivity contribution < 1.29 is 23.1 Å². The molecular weight excluding hydrogens is 282 g/mol. The summed E-state index contributed by atoms with van der Waals surface area (Å²) in [6, 6.07) is 3.29. The Balaban J connectivity index is 3.19. The van der Waals surface area contributed by atoms with E-state index < -0.39 is 16.0 Å². The number of carboxylic acids is 1. The minimum Gasteiger partial charge on any atom is -0.497 e. The Kier molecular flexibility index (Phi) is 5.13. The van der Waals surface area contributed by atoms with Crippen molar-refractivity contribution in [2.24, 2.45) is 0 Å². The van der Waals surface area contributed by atoms with Crippen LogP contribution in [-0.4, -0.2) is 44.5 Å². The first-order chi connectivity index (χ1) is 9.20. The maximum Gasteiger partial charge on any atom is 0.304 e. The Bertz CT molecular complexity index is 586. The second-order valence-corrected chi connectivity index (χ2v) is 6.54. The molecule has 0 aromatic heterocycles. The van der Waals surface area contributed by atoms with Gasteiger partial charge in [-0.05, 0) is 37.1 Å². The van der Waals surface area contributed by atoms with Gasteiger partial charge in [-0.3, -0.25) is 4.79 Å². The number of methoxy groups -OCH3 is 1. The van der Waals surface area contributed by atoms with Crippen LogP contribution in [0.1, 0.15) is 17.5 Å². The Hall–Kier alpha value is -1.60. The SMILES string of the molecule is COc1cc(C)c(S(=O)(=O)N(C)CCC(=O)O)c(C)c1. The monoisotopic (exact) mass is 301 g/mol. The molecule has 0 unspecified atom stereocenters. The number of rotatable bonds is 6. The third-order valence-electron chi connectivity index (χ3n) is 2.98. The standard InChI is InChI=1S/C13H19NO5S/c1-9-7-11(19-4)8-10(2)13(9)20(17,18)14(3)6-5-12(15)16/h7-8H,5-6H2,1-4H3,(H,15,16). The highest BCUT2D eigenvalue weighted by molar-refractivity contribution is 7.89. The molecule has 0 radical (unpaired) electrons. The average Bonchev–Trinajstić information content (AvgIpc) is 2.34. The van der Waals surface area contributed by atoms with Gasteiger partial charge in [0.25, 0.3) is 0 Å². The van der Waals surface area contributed by atoms with E-state index in [1.165, 1.54) is 14.2 Å². The molecule has 0 aliphatic heterocycles. The van der Waals surface area contributed by atoms with Crippen molar-refractivity contribution in [2.45, 2.75) is 25.2 Å². The van der Waals surface area contributed by atoms with Crippen LogP contribution in [0, 0.1) is 13.8 Å². The molecule has 1 aromatic carbocycles. The van der Waals surface area contributed by atoms with Crippen LogP contribution < -0.4 is 4.74 Å². The highest BCUT2D eigenvalue weighted by atomic mass is 32.2. The van der Waals surface area contributed by atoms with Gasteiger partial charge in [-0.2, -0.15) is 0 Å². The molecule has 6 nitrogen and oxygen atoms in total. The minimum atomic E-state index is -3.71. The van der Waals surface area contributed by atoms with Crippen LogP contribution >= 0.6 is 0 Å². The molecular formula is C13H19NO5S. The highest BCUT2D eigenvalue weighted by Crippen LogP contribution is 2.27. The Morgan fingerprint density at radius 3 is 2.20 bits per heavy atom. The lowest BCUT2D eigenvalue weighted by molar-refractivity contribution is -0.137. The molecule has 1 rings (SSSR count). The van der Waals surface area contributed by atoms with Crippen LogP contribution in [0.25, 0.3) is 0 Å². The summed E-state index contributed by atoms with van der Waals surface area (Å²) in [5.74, 6) is -0.442. The van der Waals surface area contributed by atoms with Gasteiger partial charge < -0.3 is 9.84 Å². The van der Waals surface area contributed by atoms with Crippen LogP contribution in [-0.2, 0) is 14.8 Å². The summed E-state index contributed by atoms with van der Waals surface area (Å²) in [6.45, 7) is 3.31. The van der Waals surface area contributed by atoms with Gasteiger partial charge in [-0.1, -0.05) is 0 Å². The molecule has 1 N–H and O–H groups in total. The van der Waals surface area contributed by atoms with Gasteiger partial charge in [0.2, 0.25) is 10.0 Å². The van der Waals surface area contributed by atoms with E-state index in [4.69, 9.17) is 9.84 Å². The number of benzene rings is 1. The van der Waals surface area contributed by atoms with Gasteiger partial charge in [0.05, 0.1) is 18.4 Å². The number of carboxylic acid groups (broad SMARTS) is 1. The third-order valence-corrected chi connectivity index (χ3v) is 5.14. The van der Waals surface area contributed by atoms with Crippen molar-refractivity contribution in [2.75, 3.05) is 20.7 Å². The van der Waals surface area contributed by atoms with Crippen molar-refractivity contribution in [3.05, 3.63) is 23.3 Å². The summed E-state index contributed by atoms with van der Waals surface area (Å²) in [5, 5.41) is 8.64. The second kappa shape index (κ2) is 6.23. The smallest absolute Gasteiger partial charge is 0.304 e. The van der Waals surface area contributed by atoms with E-state index in [1.54, 1.807) is 26.0 Å². The molecule has 0 atom stereocenters. The van der Waals surface area contributed by atoms with E-state index in [9.17, 15) is 13.2 Å². The zero-order valence-electron chi connectivity index (χ0n) is 12.0. The van der Waals surface area contributed by atoms with Crippen LogP contribution in [0.15, 0.2) is 17.0 Å². The van der Waals surface area contributed by atoms with Gasteiger partial charge in [0.15, 0.2) is 0 Å². The van der Waals surface area contributed by atoms with E-state index in [0.29, 0.717) is 16.9 Å². The Morgan fingerprint density at radius 2 is 1.80 bits per heavy atom. The number of carbonyl (C=O) groups is 1. The summed E-state index contributed by atoms with van der Waals surface area (Å²) >= 11 is 0. The van der Waals surface area contributed by atoms with Gasteiger partial charge in [-0.25, -0.2) is 12.7 Å². The number of sulfonamides is 1. The molecule has 0 saturated heterocycles. The maximum atomic E-state index is 12.5. The largest absolute Gasteiger partial charge is 0.497 e. The van der Waals surface area contributed by atoms with Crippen molar-refractivity contribution in [1.82, 2.24) is 4.31 Å².